The number of amides is 2. The van der Waals surface area contributed by atoms with E-state index in [1.54, 1.807) is 34.9 Å². The van der Waals surface area contributed by atoms with E-state index in [0.29, 0.717) is 26.0 Å². The Morgan fingerprint density at radius 1 is 1.32 bits per heavy atom. The molecule has 0 aromatic rings. The van der Waals surface area contributed by atoms with Gasteiger partial charge in [-0.25, -0.2) is 4.79 Å². The van der Waals surface area contributed by atoms with Gasteiger partial charge in [0, 0.05) is 33.7 Å². The molecule has 1 aliphatic rings. The van der Waals surface area contributed by atoms with Gasteiger partial charge in [0.15, 0.2) is 0 Å². The summed E-state index contributed by atoms with van der Waals surface area (Å²) < 4.78 is 11.0. The Morgan fingerprint density at radius 2 is 1.95 bits per heavy atom. The van der Waals surface area contributed by atoms with Crippen LogP contribution in [0.1, 0.15) is 33.6 Å². The maximum absolute atomic E-state index is 12.3. The number of likely N-dealkylation sites (N-methyl/N-ethyl adjacent to an activating group) is 1. The van der Waals surface area contributed by atoms with Crippen LogP contribution in [0.4, 0.5) is 4.79 Å². The zero-order chi connectivity index (χ0) is 16.9. The van der Waals surface area contributed by atoms with Crippen molar-refractivity contribution in [1.82, 2.24) is 9.80 Å². The average Bonchev–Trinajstić information content (AvgIpc) is 2.80. The molecule has 0 unspecified atom stereocenters. The van der Waals surface area contributed by atoms with Gasteiger partial charge in [0.25, 0.3) is 0 Å². The normalized spacial score (nSPS) is 21.8. The van der Waals surface area contributed by atoms with Gasteiger partial charge in [0.2, 0.25) is 5.91 Å². The smallest absolute Gasteiger partial charge is 0.411 e. The lowest BCUT2D eigenvalue weighted by Crippen LogP contribution is -2.47. The predicted octanol–water partition coefficient (Wildman–Crippen LogP) is 0.852. The third kappa shape index (κ3) is 5.46. The number of aliphatic hydroxyl groups excluding tert-OH is 1. The second-order valence-electron chi connectivity index (χ2n) is 6.69. The molecule has 22 heavy (non-hydrogen) atoms. The van der Waals surface area contributed by atoms with Crippen LogP contribution < -0.4 is 0 Å². The fraction of sp³-hybridized carbons (Fsp3) is 0.867. The molecule has 1 heterocycles. The van der Waals surface area contributed by atoms with Gasteiger partial charge in [-0.3, -0.25) is 9.69 Å². The molecule has 7 heteroatoms. The number of nitrogens with zero attached hydrogens (tertiary/aromatic N) is 2. The van der Waals surface area contributed by atoms with Crippen LogP contribution in [0.15, 0.2) is 0 Å². The molecule has 1 aliphatic heterocycles. The fourth-order valence-electron chi connectivity index (χ4n) is 2.29. The Hall–Kier alpha value is -1.34. The monoisotopic (exact) mass is 316 g/mol. The van der Waals surface area contributed by atoms with Gasteiger partial charge in [0.1, 0.15) is 11.6 Å². The molecule has 2 atom stereocenters. The second-order valence-corrected chi connectivity index (χ2v) is 6.69. The highest BCUT2D eigenvalue weighted by molar-refractivity contribution is 5.86. The first-order valence-electron chi connectivity index (χ1n) is 7.59. The largest absolute Gasteiger partial charge is 0.444 e. The van der Waals surface area contributed by atoms with Crippen molar-refractivity contribution in [3.05, 3.63) is 0 Å². The van der Waals surface area contributed by atoms with E-state index in [2.05, 4.69) is 0 Å². The van der Waals surface area contributed by atoms with Crippen LogP contribution in [0.5, 0.6) is 0 Å². The van der Waals surface area contributed by atoms with Crippen LogP contribution in [0.2, 0.25) is 0 Å². The Labute approximate surface area is 132 Å². The maximum atomic E-state index is 12.3. The number of carbonyl (C=O) groups is 2. The molecule has 0 radical (unpaired) electrons. The van der Waals surface area contributed by atoms with Gasteiger partial charge in [-0.2, -0.15) is 0 Å². The van der Waals surface area contributed by atoms with Crippen LogP contribution in [0, 0.1) is 0 Å². The highest BCUT2D eigenvalue weighted by Crippen LogP contribution is 2.24. The first-order chi connectivity index (χ1) is 10.2. The van der Waals surface area contributed by atoms with E-state index in [4.69, 9.17) is 14.6 Å². The third-order valence-electron chi connectivity index (χ3n) is 3.27. The minimum atomic E-state index is -0.612. The molecule has 7 nitrogen and oxygen atoms in total. The van der Waals surface area contributed by atoms with Crippen LogP contribution in [0.3, 0.4) is 0 Å². The molecule has 0 saturated carbocycles. The summed E-state index contributed by atoms with van der Waals surface area (Å²) in [5.74, 6) is -0.140. The van der Waals surface area contributed by atoms with Gasteiger partial charge in [-0.05, 0) is 27.2 Å². The molecule has 0 bridgehead atoms. The van der Waals surface area contributed by atoms with Crippen molar-refractivity contribution in [3.63, 3.8) is 0 Å². The Balaban J connectivity index is 2.76. The highest BCUT2D eigenvalue weighted by atomic mass is 16.6. The van der Waals surface area contributed by atoms with Crippen LogP contribution in [0.25, 0.3) is 0 Å². The van der Waals surface area contributed by atoms with E-state index < -0.39 is 17.7 Å². The van der Waals surface area contributed by atoms with E-state index >= 15 is 0 Å². The topological polar surface area (TPSA) is 79.3 Å². The third-order valence-corrected chi connectivity index (χ3v) is 3.27. The zero-order valence-electron chi connectivity index (χ0n) is 14.2. The average molecular weight is 316 g/mol. The molecule has 0 aliphatic carbocycles. The van der Waals surface area contributed by atoms with Crippen LogP contribution in [-0.2, 0) is 14.3 Å². The summed E-state index contributed by atoms with van der Waals surface area (Å²) in [7, 11) is 3.32. The molecule has 1 rings (SSSR count). The second kappa shape index (κ2) is 7.78. The molecule has 0 spiro atoms. The van der Waals surface area contributed by atoms with Gasteiger partial charge in [-0.15, -0.1) is 0 Å². The molecule has 1 N–H and O–H groups in total. The van der Waals surface area contributed by atoms with E-state index in [-0.39, 0.29) is 18.6 Å². The summed E-state index contributed by atoms with van der Waals surface area (Å²) in [6, 6.07) is -0.566. The van der Waals surface area contributed by atoms with Crippen molar-refractivity contribution in [3.8, 4) is 0 Å². The lowest BCUT2D eigenvalue weighted by atomic mass is 10.1. The fourth-order valence-corrected chi connectivity index (χ4v) is 2.29. The first kappa shape index (κ1) is 18.7. The standard InChI is InChI=1S/C15H28N2O5/c1-15(2,3)22-14(20)17-10-11(21-8-6-7-18)9-12(17)13(19)16(4)5/h11-12,18H,6-10H2,1-5H3/t11-,12+/m1/s1. The van der Waals surface area contributed by atoms with Crippen molar-refractivity contribution in [2.75, 3.05) is 33.9 Å². The van der Waals surface area contributed by atoms with Crippen molar-refractivity contribution < 1.29 is 24.2 Å². The molecule has 0 aromatic carbocycles. The number of carbonyl (C=O) groups excluding carboxylic acids is 2. The summed E-state index contributed by atoms with van der Waals surface area (Å²) in [4.78, 5) is 27.5. The summed E-state index contributed by atoms with van der Waals surface area (Å²) in [6.07, 6.45) is 0.269. The summed E-state index contributed by atoms with van der Waals surface area (Å²) in [5.41, 5.74) is -0.612. The Bertz CT molecular complexity index is 392. The van der Waals surface area contributed by atoms with Crippen LogP contribution in [-0.4, -0.2) is 78.5 Å². The SMILES string of the molecule is CN(C)C(=O)[C@@H]1C[C@@H](OCCCO)CN1C(=O)OC(C)(C)C. The molecule has 0 aromatic heterocycles. The van der Waals surface area contributed by atoms with E-state index in [0.717, 1.165) is 0 Å². The Kier molecular flexibility index (Phi) is 6.62. The van der Waals surface area contributed by atoms with Crippen molar-refractivity contribution >= 4 is 12.0 Å². The van der Waals surface area contributed by atoms with Crippen molar-refractivity contribution in [1.29, 1.82) is 0 Å². The summed E-state index contributed by atoms with van der Waals surface area (Å²) in [6.45, 7) is 6.16. The summed E-state index contributed by atoms with van der Waals surface area (Å²) >= 11 is 0. The number of aliphatic hydroxyl groups is 1. The highest BCUT2D eigenvalue weighted by Gasteiger charge is 2.42. The van der Waals surface area contributed by atoms with Gasteiger partial charge in [-0.1, -0.05) is 0 Å². The quantitative estimate of drug-likeness (QED) is 0.761. The lowest BCUT2D eigenvalue weighted by Gasteiger charge is -2.29. The van der Waals surface area contributed by atoms with E-state index in [9.17, 15) is 9.59 Å². The minimum Gasteiger partial charge on any atom is -0.444 e. The maximum Gasteiger partial charge on any atom is 0.411 e. The van der Waals surface area contributed by atoms with Gasteiger partial charge in [0.05, 0.1) is 12.6 Å². The molecular formula is C15H28N2O5. The van der Waals surface area contributed by atoms with Gasteiger partial charge >= 0.3 is 6.09 Å². The lowest BCUT2D eigenvalue weighted by molar-refractivity contribution is -0.133. The number of likely N-dealkylation sites (tertiary alicyclic amines) is 1. The number of ether oxygens (including phenoxy) is 2. The molecule has 1 fully saturated rings. The van der Waals surface area contributed by atoms with Gasteiger partial charge < -0.3 is 19.5 Å². The Morgan fingerprint density at radius 3 is 2.45 bits per heavy atom. The summed E-state index contributed by atoms with van der Waals surface area (Å²) in [5, 5.41) is 8.80. The first-order valence-corrected chi connectivity index (χ1v) is 7.59. The predicted molar refractivity (Wildman–Crippen MR) is 81.5 cm³/mol. The number of rotatable bonds is 5. The zero-order valence-corrected chi connectivity index (χ0v) is 14.2. The molecule has 1 saturated heterocycles. The van der Waals surface area contributed by atoms with Crippen LogP contribution >= 0.6 is 0 Å². The van der Waals surface area contributed by atoms with Crippen molar-refractivity contribution in [2.24, 2.45) is 0 Å². The van der Waals surface area contributed by atoms with E-state index in [1.807, 2.05) is 0 Å². The number of hydrogen-bond donors (Lipinski definition) is 1. The van der Waals surface area contributed by atoms with Crippen molar-refractivity contribution in [2.45, 2.75) is 51.4 Å². The molecule has 2 amide bonds. The molecule has 128 valence electrons. The number of hydrogen-bond acceptors (Lipinski definition) is 5. The van der Waals surface area contributed by atoms with E-state index in [1.165, 1.54) is 9.80 Å². The minimum absolute atomic E-state index is 0.0581. The molecular weight excluding hydrogens is 288 g/mol.